The predicted molar refractivity (Wildman–Crippen MR) is 89.9 cm³/mol. The van der Waals surface area contributed by atoms with E-state index in [2.05, 4.69) is 26.0 Å². The number of carbonyl (C=O) groups is 1. The van der Waals surface area contributed by atoms with Crippen LogP contribution in [-0.2, 0) is 18.4 Å². The molecule has 1 N–H and O–H groups in total. The Morgan fingerprint density at radius 2 is 2.16 bits per heavy atom. The van der Waals surface area contributed by atoms with Gasteiger partial charge in [0.25, 0.3) is 0 Å². The van der Waals surface area contributed by atoms with Crippen LogP contribution in [0.2, 0.25) is 0 Å². The van der Waals surface area contributed by atoms with E-state index in [4.69, 9.17) is 9.26 Å². The van der Waals surface area contributed by atoms with E-state index in [0.717, 1.165) is 11.3 Å². The highest BCUT2D eigenvalue weighted by Crippen LogP contribution is 2.23. The van der Waals surface area contributed by atoms with Crippen LogP contribution in [0.25, 0.3) is 11.3 Å². The summed E-state index contributed by atoms with van der Waals surface area (Å²) in [5, 5.41) is 18.4. The topological polar surface area (TPSA) is 108 Å². The number of hydrogen-bond acceptors (Lipinski definition) is 8. The molecule has 0 atom stereocenters. The Labute approximate surface area is 147 Å². The van der Waals surface area contributed by atoms with Crippen molar-refractivity contribution in [3.63, 3.8) is 0 Å². The highest BCUT2D eigenvalue weighted by Gasteiger charge is 2.10. The SMILES string of the molecule is COc1ccc(-c2cc(CNC(=O)CSc3nnnn3C)no2)cc1. The van der Waals surface area contributed by atoms with Crippen LogP contribution in [0.3, 0.4) is 0 Å². The molecule has 0 spiro atoms. The standard InChI is InChI=1S/C15H16N6O3S/c1-21-15(17-19-20-21)25-9-14(22)16-8-11-7-13(24-18-11)10-3-5-12(23-2)6-4-10/h3-7H,8-9H2,1-2H3,(H,16,22). The van der Waals surface area contributed by atoms with Crippen molar-refractivity contribution in [2.24, 2.45) is 7.05 Å². The van der Waals surface area contributed by atoms with Gasteiger partial charge in [0.05, 0.1) is 19.4 Å². The number of tetrazole rings is 1. The molecule has 0 unspecified atom stereocenters. The summed E-state index contributed by atoms with van der Waals surface area (Å²) in [7, 11) is 3.33. The van der Waals surface area contributed by atoms with Crippen molar-refractivity contribution in [2.45, 2.75) is 11.7 Å². The third kappa shape index (κ3) is 4.35. The van der Waals surface area contributed by atoms with Gasteiger partial charge < -0.3 is 14.6 Å². The number of ether oxygens (including phenoxy) is 1. The first-order valence-corrected chi connectivity index (χ1v) is 8.36. The molecule has 10 heteroatoms. The summed E-state index contributed by atoms with van der Waals surface area (Å²) in [6, 6.07) is 9.25. The number of nitrogens with zero attached hydrogens (tertiary/aromatic N) is 5. The molecule has 25 heavy (non-hydrogen) atoms. The van der Waals surface area contributed by atoms with Gasteiger partial charge >= 0.3 is 0 Å². The summed E-state index contributed by atoms with van der Waals surface area (Å²) < 4.78 is 11.9. The lowest BCUT2D eigenvalue weighted by molar-refractivity contribution is -0.118. The van der Waals surface area contributed by atoms with Crippen molar-refractivity contribution in [1.82, 2.24) is 30.7 Å². The van der Waals surface area contributed by atoms with Gasteiger partial charge in [0, 0.05) is 18.7 Å². The maximum atomic E-state index is 11.9. The Hall–Kier alpha value is -2.88. The maximum Gasteiger partial charge on any atom is 0.230 e. The molecule has 1 amide bonds. The molecule has 0 fully saturated rings. The zero-order valence-corrected chi connectivity index (χ0v) is 14.5. The molecule has 0 bridgehead atoms. The van der Waals surface area contributed by atoms with Crippen LogP contribution in [0.15, 0.2) is 40.0 Å². The number of rotatable bonds is 7. The quantitative estimate of drug-likeness (QED) is 0.628. The van der Waals surface area contributed by atoms with Gasteiger partial charge in [-0.15, -0.1) is 5.10 Å². The van der Waals surface area contributed by atoms with Gasteiger partial charge in [-0.1, -0.05) is 16.9 Å². The number of carbonyl (C=O) groups excluding carboxylic acids is 1. The largest absolute Gasteiger partial charge is 0.497 e. The first-order chi connectivity index (χ1) is 12.2. The first kappa shape index (κ1) is 17.0. The Bertz CT molecular complexity index is 845. The molecule has 0 saturated carbocycles. The minimum atomic E-state index is -0.137. The first-order valence-electron chi connectivity index (χ1n) is 7.37. The van der Waals surface area contributed by atoms with E-state index in [-0.39, 0.29) is 18.2 Å². The Balaban J connectivity index is 1.51. The van der Waals surface area contributed by atoms with Gasteiger partial charge in [-0.3, -0.25) is 4.79 Å². The van der Waals surface area contributed by atoms with Crippen LogP contribution in [0.5, 0.6) is 5.75 Å². The fourth-order valence-electron chi connectivity index (χ4n) is 2.00. The minimum Gasteiger partial charge on any atom is -0.497 e. The fourth-order valence-corrected chi connectivity index (χ4v) is 2.68. The summed E-state index contributed by atoms with van der Waals surface area (Å²) in [6.07, 6.45) is 0. The molecule has 3 rings (SSSR count). The second kappa shape index (κ2) is 7.79. The maximum absolute atomic E-state index is 11.9. The number of methoxy groups -OCH3 is 1. The number of nitrogens with one attached hydrogen (secondary N) is 1. The average Bonchev–Trinajstić information content (AvgIpc) is 3.27. The molecule has 0 aliphatic carbocycles. The number of amides is 1. The van der Waals surface area contributed by atoms with Gasteiger partial charge in [-0.2, -0.15) is 0 Å². The minimum absolute atomic E-state index is 0.137. The van der Waals surface area contributed by atoms with Crippen molar-refractivity contribution in [2.75, 3.05) is 12.9 Å². The normalized spacial score (nSPS) is 10.6. The fraction of sp³-hybridized carbons (Fsp3) is 0.267. The molecule has 0 radical (unpaired) electrons. The molecule has 2 heterocycles. The smallest absolute Gasteiger partial charge is 0.230 e. The number of aryl methyl sites for hydroxylation is 1. The van der Waals surface area contributed by atoms with Crippen molar-refractivity contribution in [1.29, 1.82) is 0 Å². The summed E-state index contributed by atoms with van der Waals surface area (Å²) in [4.78, 5) is 11.9. The highest BCUT2D eigenvalue weighted by molar-refractivity contribution is 7.99. The predicted octanol–water partition coefficient (Wildman–Crippen LogP) is 1.28. The van der Waals surface area contributed by atoms with Crippen LogP contribution in [0.4, 0.5) is 0 Å². The van der Waals surface area contributed by atoms with Crippen LogP contribution in [-0.4, -0.2) is 44.1 Å². The van der Waals surface area contributed by atoms with Crippen LogP contribution in [0, 0.1) is 0 Å². The molecule has 130 valence electrons. The molecule has 0 saturated heterocycles. The third-order valence-electron chi connectivity index (χ3n) is 3.31. The zero-order valence-electron chi connectivity index (χ0n) is 13.7. The summed E-state index contributed by atoms with van der Waals surface area (Å²) in [6.45, 7) is 0.288. The number of aromatic nitrogens is 5. The Morgan fingerprint density at radius 3 is 2.84 bits per heavy atom. The van der Waals surface area contributed by atoms with E-state index >= 15 is 0 Å². The number of benzene rings is 1. The van der Waals surface area contributed by atoms with E-state index in [1.165, 1.54) is 16.4 Å². The van der Waals surface area contributed by atoms with Gasteiger partial charge in [0.15, 0.2) is 5.76 Å². The second-order valence-corrected chi connectivity index (χ2v) is 6.00. The van der Waals surface area contributed by atoms with Crippen LogP contribution in [0.1, 0.15) is 5.69 Å². The van der Waals surface area contributed by atoms with Crippen molar-refractivity contribution in [3.8, 4) is 17.1 Å². The van der Waals surface area contributed by atoms with Crippen LogP contribution >= 0.6 is 11.8 Å². The number of hydrogen-bond donors (Lipinski definition) is 1. The Kier molecular flexibility index (Phi) is 5.29. The van der Waals surface area contributed by atoms with Gasteiger partial charge in [0.2, 0.25) is 11.1 Å². The number of thioether (sulfide) groups is 1. The highest BCUT2D eigenvalue weighted by atomic mass is 32.2. The average molecular weight is 360 g/mol. The molecule has 1 aromatic carbocycles. The third-order valence-corrected chi connectivity index (χ3v) is 4.32. The van der Waals surface area contributed by atoms with Gasteiger partial charge in [0.1, 0.15) is 11.4 Å². The van der Waals surface area contributed by atoms with E-state index < -0.39 is 0 Å². The van der Waals surface area contributed by atoms with E-state index in [1.54, 1.807) is 20.2 Å². The summed E-state index contributed by atoms with van der Waals surface area (Å²) in [5.74, 6) is 1.48. The summed E-state index contributed by atoms with van der Waals surface area (Å²) in [5.41, 5.74) is 1.53. The molecular formula is C15H16N6O3S. The van der Waals surface area contributed by atoms with E-state index in [0.29, 0.717) is 16.6 Å². The lowest BCUT2D eigenvalue weighted by Gasteiger charge is -2.01. The van der Waals surface area contributed by atoms with E-state index in [1.807, 2.05) is 24.3 Å². The van der Waals surface area contributed by atoms with Crippen molar-refractivity contribution < 1.29 is 14.1 Å². The molecular weight excluding hydrogens is 344 g/mol. The second-order valence-electron chi connectivity index (χ2n) is 5.06. The molecule has 0 aliphatic rings. The van der Waals surface area contributed by atoms with Crippen molar-refractivity contribution >= 4 is 17.7 Å². The van der Waals surface area contributed by atoms with Gasteiger partial charge in [-0.25, -0.2) is 4.68 Å². The van der Waals surface area contributed by atoms with Gasteiger partial charge in [-0.05, 0) is 34.7 Å². The lowest BCUT2D eigenvalue weighted by Crippen LogP contribution is -2.24. The summed E-state index contributed by atoms with van der Waals surface area (Å²) >= 11 is 1.26. The van der Waals surface area contributed by atoms with Crippen LogP contribution < -0.4 is 10.1 Å². The van der Waals surface area contributed by atoms with Crippen molar-refractivity contribution in [3.05, 3.63) is 36.0 Å². The molecule has 2 aromatic heterocycles. The Morgan fingerprint density at radius 1 is 1.36 bits per heavy atom. The molecule has 0 aliphatic heterocycles. The monoisotopic (exact) mass is 360 g/mol. The molecule has 9 nitrogen and oxygen atoms in total. The lowest BCUT2D eigenvalue weighted by atomic mass is 10.1. The van der Waals surface area contributed by atoms with E-state index in [9.17, 15) is 4.79 Å². The molecule has 3 aromatic rings. The zero-order chi connectivity index (χ0) is 17.6.